The highest BCUT2D eigenvalue weighted by Gasteiger charge is 2.37. The van der Waals surface area contributed by atoms with E-state index in [9.17, 15) is 0 Å². The molecule has 0 aliphatic carbocycles. The van der Waals surface area contributed by atoms with Gasteiger partial charge in [-0.3, -0.25) is 4.40 Å². The van der Waals surface area contributed by atoms with Gasteiger partial charge in [-0.1, -0.05) is 12.1 Å². The molecule has 0 spiro atoms. The van der Waals surface area contributed by atoms with E-state index in [0.717, 1.165) is 39.6 Å². The number of aryl methyl sites for hydroxylation is 1. The molecule has 0 saturated carbocycles. The predicted octanol–water partition coefficient (Wildman–Crippen LogP) is 3.52. The monoisotopic (exact) mass is 279 g/mol. The second-order valence-electron chi connectivity index (χ2n) is 6.07. The SMILES string of the molecule is Cc1cc(N)cn2c3c(nc12)-c1ccccc1OC3(C)C. The maximum Gasteiger partial charge on any atom is 0.146 e. The van der Waals surface area contributed by atoms with Crippen molar-refractivity contribution in [2.45, 2.75) is 26.4 Å². The summed E-state index contributed by atoms with van der Waals surface area (Å²) in [6.07, 6.45) is 1.92. The van der Waals surface area contributed by atoms with Crippen LogP contribution in [0.1, 0.15) is 25.1 Å². The van der Waals surface area contributed by atoms with Crippen molar-refractivity contribution in [2.24, 2.45) is 0 Å². The highest BCUT2D eigenvalue weighted by molar-refractivity contribution is 5.76. The molecule has 1 aromatic carbocycles. The number of rotatable bonds is 0. The van der Waals surface area contributed by atoms with Gasteiger partial charge in [0.05, 0.1) is 5.69 Å². The van der Waals surface area contributed by atoms with E-state index >= 15 is 0 Å². The van der Waals surface area contributed by atoms with Crippen LogP contribution in [0.4, 0.5) is 5.69 Å². The van der Waals surface area contributed by atoms with Gasteiger partial charge in [-0.2, -0.15) is 0 Å². The summed E-state index contributed by atoms with van der Waals surface area (Å²) < 4.78 is 8.26. The van der Waals surface area contributed by atoms with E-state index < -0.39 is 5.60 Å². The summed E-state index contributed by atoms with van der Waals surface area (Å²) in [7, 11) is 0. The van der Waals surface area contributed by atoms with Crippen LogP contribution in [0, 0.1) is 6.92 Å². The van der Waals surface area contributed by atoms with Gasteiger partial charge in [-0.25, -0.2) is 4.98 Å². The molecular weight excluding hydrogens is 262 g/mol. The molecule has 0 unspecified atom stereocenters. The Balaban J connectivity index is 2.17. The summed E-state index contributed by atoms with van der Waals surface area (Å²) in [5.41, 5.74) is 11.4. The Morgan fingerprint density at radius 1 is 1.24 bits per heavy atom. The number of hydrogen-bond donors (Lipinski definition) is 1. The van der Waals surface area contributed by atoms with Crippen molar-refractivity contribution in [2.75, 3.05) is 5.73 Å². The molecule has 0 fully saturated rings. The van der Waals surface area contributed by atoms with Crippen molar-refractivity contribution in [3.05, 3.63) is 47.8 Å². The molecule has 0 bridgehead atoms. The van der Waals surface area contributed by atoms with Gasteiger partial charge >= 0.3 is 0 Å². The number of anilines is 1. The molecule has 4 heteroatoms. The molecule has 0 radical (unpaired) electrons. The normalized spacial score (nSPS) is 15.4. The summed E-state index contributed by atoms with van der Waals surface area (Å²) in [4.78, 5) is 4.86. The minimum absolute atomic E-state index is 0.455. The van der Waals surface area contributed by atoms with E-state index in [1.165, 1.54) is 0 Å². The lowest BCUT2D eigenvalue weighted by molar-refractivity contribution is 0.0996. The molecule has 4 rings (SSSR count). The third-order valence-electron chi connectivity index (χ3n) is 4.00. The van der Waals surface area contributed by atoms with E-state index in [1.54, 1.807) is 0 Å². The molecule has 3 heterocycles. The zero-order valence-electron chi connectivity index (χ0n) is 12.3. The van der Waals surface area contributed by atoms with Crippen molar-refractivity contribution in [3.63, 3.8) is 0 Å². The number of benzene rings is 1. The summed E-state index contributed by atoms with van der Waals surface area (Å²) in [6, 6.07) is 9.99. The Bertz CT molecular complexity index is 877. The fraction of sp³-hybridized carbons (Fsp3) is 0.235. The Kier molecular flexibility index (Phi) is 2.21. The number of aromatic nitrogens is 2. The smallest absolute Gasteiger partial charge is 0.146 e. The molecule has 4 nitrogen and oxygen atoms in total. The van der Waals surface area contributed by atoms with Crippen LogP contribution in [0.15, 0.2) is 36.5 Å². The standard InChI is InChI=1S/C17H17N3O/c1-10-8-11(18)9-20-15-14(19-16(10)20)12-6-4-5-7-13(12)21-17(15,2)3/h4-9H,18H2,1-3H3. The number of nitrogen functional groups attached to an aromatic ring is 1. The van der Waals surface area contributed by atoms with Gasteiger partial charge in [0.25, 0.3) is 0 Å². The van der Waals surface area contributed by atoms with Gasteiger partial charge in [0, 0.05) is 17.4 Å². The Morgan fingerprint density at radius 2 is 2.00 bits per heavy atom. The first-order chi connectivity index (χ1) is 9.97. The summed E-state index contributed by atoms with van der Waals surface area (Å²) in [5, 5.41) is 0. The fourth-order valence-electron chi connectivity index (χ4n) is 3.17. The molecule has 0 amide bonds. The van der Waals surface area contributed by atoms with Crippen LogP contribution in [0.3, 0.4) is 0 Å². The van der Waals surface area contributed by atoms with Gasteiger partial charge in [-0.15, -0.1) is 0 Å². The molecule has 106 valence electrons. The van der Waals surface area contributed by atoms with Crippen molar-refractivity contribution < 1.29 is 4.74 Å². The lowest BCUT2D eigenvalue weighted by atomic mass is 9.95. The molecule has 0 saturated heterocycles. The highest BCUT2D eigenvalue weighted by atomic mass is 16.5. The third kappa shape index (κ3) is 1.59. The Hall–Kier alpha value is -2.49. The second kappa shape index (κ2) is 3.79. The number of pyridine rings is 1. The van der Waals surface area contributed by atoms with Gasteiger partial charge in [0.2, 0.25) is 0 Å². The first kappa shape index (κ1) is 12.3. The van der Waals surface area contributed by atoms with Crippen molar-refractivity contribution in [1.29, 1.82) is 0 Å². The number of ether oxygens (including phenoxy) is 1. The summed E-state index contributed by atoms with van der Waals surface area (Å²) in [6.45, 7) is 6.16. The van der Waals surface area contributed by atoms with Crippen molar-refractivity contribution in [3.8, 4) is 17.0 Å². The van der Waals surface area contributed by atoms with Crippen molar-refractivity contribution >= 4 is 11.3 Å². The number of nitrogens with zero attached hydrogens (tertiary/aromatic N) is 2. The van der Waals surface area contributed by atoms with E-state index in [-0.39, 0.29) is 0 Å². The van der Waals surface area contributed by atoms with Crippen LogP contribution < -0.4 is 10.5 Å². The van der Waals surface area contributed by atoms with Crippen molar-refractivity contribution in [1.82, 2.24) is 9.38 Å². The fourth-order valence-corrected chi connectivity index (χ4v) is 3.17. The zero-order valence-corrected chi connectivity index (χ0v) is 12.3. The third-order valence-corrected chi connectivity index (χ3v) is 4.00. The van der Waals surface area contributed by atoms with Gasteiger partial charge in [0.15, 0.2) is 0 Å². The zero-order chi connectivity index (χ0) is 14.8. The van der Waals surface area contributed by atoms with E-state index in [0.29, 0.717) is 0 Å². The highest BCUT2D eigenvalue weighted by Crippen LogP contribution is 2.45. The number of fused-ring (bicyclic) bond motifs is 5. The van der Waals surface area contributed by atoms with Crippen LogP contribution in [0.2, 0.25) is 0 Å². The molecule has 1 aliphatic heterocycles. The predicted molar refractivity (Wildman–Crippen MR) is 83.4 cm³/mol. The molecule has 0 atom stereocenters. The summed E-state index contributed by atoms with van der Waals surface area (Å²) >= 11 is 0. The number of para-hydroxylation sites is 1. The number of imidazole rings is 1. The Labute approximate surface area is 123 Å². The summed E-state index contributed by atoms with van der Waals surface area (Å²) in [5.74, 6) is 0.879. The minimum atomic E-state index is -0.455. The van der Waals surface area contributed by atoms with Gasteiger partial charge < -0.3 is 10.5 Å². The van der Waals surface area contributed by atoms with Crippen LogP contribution >= 0.6 is 0 Å². The van der Waals surface area contributed by atoms with Crippen LogP contribution in [-0.4, -0.2) is 9.38 Å². The topological polar surface area (TPSA) is 52.5 Å². The van der Waals surface area contributed by atoms with Gasteiger partial charge in [-0.05, 0) is 44.5 Å². The van der Waals surface area contributed by atoms with Crippen LogP contribution in [-0.2, 0) is 5.60 Å². The van der Waals surface area contributed by atoms with E-state index in [4.69, 9.17) is 15.5 Å². The molecule has 3 aromatic rings. The molecule has 2 aromatic heterocycles. The molecular formula is C17H17N3O. The Morgan fingerprint density at radius 3 is 2.81 bits per heavy atom. The second-order valence-corrected chi connectivity index (χ2v) is 6.07. The molecule has 21 heavy (non-hydrogen) atoms. The van der Waals surface area contributed by atoms with E-state index in [2.05, 4.69) is 24.3 Å². The number of hydrogen-bond acceptors (Lipinski definition) is 3. The molecule has 2 N–H and O–H groups in total. The molecule has 1 aliphatic rings. The van der Waals surface area contributed by atoms with Crippen LogP contribution in [0.25, 0.3) is 16.9 Å². The quantitative estimate of drug-likeness (QED) is 0.685. The largest absolute Gasteiger partial charge is 0.481 e. The first-order valence-electron chi connectivity index (χ1n) is 7.04. The average Bonchev–Trinajstić information content (AvgIpc) is 2.79. The van der Waals surface area contributed by atoms with Gasteiger partial charge in [0.1, 0.15) is 22.7 Å². The van der Waals surface area contributed by atoms with E-state index in [1.807, 2.05) is 37.4 Å². The lowest BCUT2D eigenvalue weighted by Gasteiger charge is -2.32. The maximum absolute atomic E-state index is 6.19. The lowest BCUT2D eigenvalue weighted by Crippen LogP contribution is -2.30. The first-order valence-corrected chi connectivity index (χ1v) is 7.04. The average molecular weight is 279 g/mol. The maximum atomic E-state index is 6.19. The minimum Gasteiger partial charge on any atom is -0.481 e. The van der Waals surface area contributed by atoms with Crippen LogP contribution in [0.5, 0.6) is 5.75 Å². The number of nitrogens with two attached hydrogens (primary N) is 1.